The van der Waals surface area contributed by atoms with Gasteiger partial charge >= 0.3 is 0 Å². The van der Waals surface area contributed by atoms with Gasteiger partial charge in [0.05, 0.1) is 9.79 Å². The summed E-state index contributed by atoms with van der Waals surface area (Å²) in [5.74, 6) is -0.0145. The van der Waals surface area contributed by atoms with Crippen molar-refractivity contribution < 1.29 is 16.8 Å². The number of nitrogens with one attached hydrogen (secondary N) is 2. The number of thiocarbonyl (C=S) groups is 1. The van der Waals surface area contributed by atoms with Crippen LogP contribution in [-0.2, 0) is 20.0 Å². The number of anilines is 2. The van der Waals surface area contributed by atoms with Crippen LogP contribution in [0.5, 0.6) is 0 Å². The number of rotatable bonds is 6. The Morgan fingerprint density at radius 1 is 0.794 bits per heavy atom. The van der Waals surface area contributed by atoms with Crippen LogP contribution < -0.4 is 10.0 Å². The molecule has 178 valence electrons. The highest BCUT2D eigenvalue weighted by Gasteiger charge is 2.29. The molecule has 2 aromatic carbocycles. The lowest BCUT2D eigenvalue weighted by molar-refractivity contribution is 0.268. The zero-order valence-electron chi connectivity index (χ0n) is 17.9. The molecule has 1 aliphatic rings. The molecule has 0 atom stereocenters. The van der Waals surface area contributed by atoms with Crippen LogP contribution in [0.3, 0.4) is 0 Å². The van der Waals surface area contributed by atoms with Gasteiger partial charge in [0.15, 0.2) is 5.11 Å². The van der Waals surface area contributed by atoms with Gasteiger partial charge in [-0.3, -0.25) is 0 Å². The number of sulfonamides is 2. The van der Waals surface area contributed by atoms with Crippen LogP contribution in [0.4, 0.5) is 11.6 Å². The average molecular weight is 519 g/mol. The van der Waals surface area contributed by atoms with E-state index in [1.165, 1.54) is 28.8 Å². The highest BCUT2D eigenvalue weighted by molar-refractivity contribution is 7.92. The maximum Gasteiger partial charge on any atom is 0.264 e. The van der Waals surface area contributed by atoms with E-state index >= 15 is 0 Å². The molecule has 4 rings (SSSR count). The summed E-state index contributed by atoms with van der Waals surface area (Å²) < 4.78 is 54.3. The number of hydrogen-bond donors (Lipinski definition) is 2. The standard InChI is InChI=1S/C21H22N6O4S3/c28-33(29,25-20-22-11-4-12-23-20)18-9-7-17(8-10-18)24-21(32)26-13-15-27(16-14-26)34(30,31)19-5-2-1-3-6-19/h1-12H,13-16H2,(H,24,32)(H,22,23,25). The largest absolute Gasteiger partial charge is 0.346 e. The van der Waals surface area contributed by atoms with Crippen molar-refractivity contribution in [2.24, 2.45) is 0 Å². The van der Waals surface area contributed by atoms with Crippen molar-refractivity contribution in [3.63, 3.8) is 0 Å². The Morgan fingerprint density at radius 2 is 1.41 bits per heavy atom. The van der Waals surface area contributed by atoms with Crippen molar-refractivity contribution in [3.8, 4) is 0 Å². The smallest absolute Gasteiger partial charge is 0.264 e. The van der Waals surface area contributed by atoms with Gasteiger partial charge in [-0.15, -0.1) is 0 Å². The molecule has 0 spiro atoms. The molecule has 0 saturated carbocycles. The molecule has 1 aromatic heterocycles. The van der Waals surface area contributed by atoms with E-state index < -0.39 is 20.0 Å². The summed E-state index contributed by atoms with van der Waals surface area (Å²) in [6, 6.07) is 16.0. The normalized spacial score (nSPS) is 15.0. The van der Waals surface area contributed by atoms with Crippen molar-refractivity contribution in [2.45, 2.75) is 9.79 Å². The topological polar surface area (TPSA) is 125 Å². The monoisotopic (exact) mass is 518 g/mol. The Labute approximate surface area is 203 Å². The fourth-order valence-corrected chi connectivity index (χ4v) is 6.03. The van der Waals surface area contributed by atoms with E-state index in [1.807, 2.05) is 4.90 Å². The Kier molecular flexibility index (Phi) is 7.07. The van der Waals surface area contributed by atoms with Gasteiger partial charge in [0.2, 0.25) is 16.0 Å². The lowest BCUT2D eigenvalue weighted by atomic mass is 10.3. The van der Waals surface area contributed by atoms with E-state index in [9.17, 15) is 16.8 Å². The highest BCUT2D eigenvalue weighted by Crippen LogP contribution is 2.19. The Balaban J connectivity index is 1.34. The zero-order chi connectivity index (χ0) is 24.2. The van der Waals surface area contributed by atoms with Crippen molar-refractivity contribution in [1.29, 1.82) is 0 Å². The van der Waals surface area contributed by atoms with E-state index in [1.54, 1.807) is 48.5 Å². The van der Waals surface area contributed by atoms with Crippen molar-refractivity contribution in [3.05, 3.63) is 73.1 Å². The van der Waals surface area contributed by atoms with Gasteiger partial charge in [-0.05, 0) is 54.7 Å². The molecular weight excluding hydrogens is 496 g/mol. The van der Waals surface area contributed by atoms with Crippen LogP contribution in [0.2, 0.25) is 0 Å². The van der Waals surface area contributed by atoms with Gasteiger partial charge in [-0.25, -0.2) is 31.5 Å². The summed E-state index contributed by atoms with van der Waals surface area (Å²) in [5, 5.41) is 3.51. The molecule has 3 aromatic rings. The van der Waals surface area contributed by atoms with E-state index in [-0.39, 0.29) is 15.7 Å². The average Bonchev–Trinajstić information content (AvgIpc) is 2.85. The van der Waals surface area contributed by atoms with Crippen LogP contribution in [0.25, 0.3) is 0 Å². The van der Waals surface area contributed by atoms with Gasteiger partial charge in [-0.2, -0.15) is 4.31 Å². The minimum absolute atomic E-state index is 0.0145. The SMILES string of the molecule is O=S(=O)(Nc1ncccn1)c1ccc(NC(=S)N2CCN(S(=O)(=O)c3ccccc3)CC2)cc1. The Hall–Kier alpha value is -3.13. The van der Waals surface area contributed by atoms with E-state index in [2.05, 4.69) is 20.0 Å². The van der Waals surface area contributed by atoms with Gasteiger partial charge in [0.25, 0.3) is 10.0 Å². The quantitative estimate of drug-likeness (QED) is 0.471. The van der Waals surface area contributed by atoms with Crippen LogP contribution in [0.1, 0.15) is 0 Å². The summed E-state index contributed by atoms with van der Waals surface area (Å²) in [4.78, 5) is 9.92. The fourth-order valence-electron chi connectivity index (χ4n) is 3.32. The molecule has 0 aliphatic carbocycles. The van der Waals surface area contributed by atoms with Crippen LogP contribution in [0, 0.1) is 0 Å². The molecule has 1 saturated heterocycles. The first-order chi connectivity index (χ1) is 16.3. The molecule has 1 aliphatic heterocycles. The lowest BCUT2D eigenvalue weighted by Crippen LogP contribution is -2.51. The van der Waals surface area contributed by atoms with Gasteiger partial charge < -0.3 is 10.2 Å². The summed E-state index contributed by atoms with van der Waals surface area (Å²) >= 11 is 5.47. The second-order valence-corrected chi connectivity index (χ2v) is 11.3. The second-order valence-electron chi connectivity index (χ2n) is 7.34. The third-order valence-corrected chi connectivity index (χ3v) is 8.73. The maximum atomic E-state index is 12.8. The molecular formula is C21H22N6O4S3. The maximum absolute atomic E-state index is 12.8. The third kappa shape index (κ3) is 5.50. The number of aromatic nitrogens is 2. The van der Waals surface area contributed by atoms with E-state index in [0.717, 1.165) is 0 Å². The number of nitrogens with zero attached hydrogens (tertiary/aromatic N) is 4. The van der Waals surface area contributed by atoms with Crippen LogP contribution >= 0.6 is 12.2 Å². The molecule has 13 heteroatoms. The molecule has 34 heavy (non-hydrogen) atoms. The zero-order valence-corrected chi connectivity index (χ0v) is 20.4. The first kappa shape index (κ1) is 24.0. The van der Waals surface area contributed by atoms with Gasteiger partial charge in [0.1, 0.15) is 0 Å². The predicted molar refractivity (Wildman–Crippen MR) is 132 cm³/mol. The lowest BCUT2D eigenvalue weighted by Gasteiger charge is -2.35. The molecule has 10 nitrogen and oxygen atoms in total. The minimum Gasteiger partial charge on any atom is -0.346 e. The predicted octanol–water partition coefficient (Wildman–Crippen LogP) is 1.98. The number of benzene rings is 2. The van der Waals surface area contributed by atoms with Crippen molar-refractivity contribution >= 4 is 49.0 Å². The van der Waals surface area contributed by atoms with Crippen LogP contribution in [0.15, 0.2) is 82.8 Å². The second kappa shape index (κ2) is 10.0. The number of hydrogen-bond acceptors (Lipinski definition) is 7. The molecule has 0 unspecified atom stereocenters. The minimum atomic E-state index is -3.83. The van der Waals surface area contributed by atoms with Gasteiger partial charge in [0, 0.05) is 44.3 Å². The highest BCUT2D eigenvalue weighted by atomic mass is 32.2. The van der Waals surface area contributed by atoms with E-state index in [0.29, 0.717) is 37.0 Å². The molecule has 0 amide bonds. The molecule has 1 fully saturated rings. The van der Waals surface area contributed by atoms with Crippen LogP contribution in [-0.4, -0.2) is 67.3 Å². The molecule has 0 bridgehead atoms. The molecule has 2 N–H and O–H groups in total. The van der Waals surface area contributed by atoms with Crippen molar-refractivity contribution in [2.75, 3.05) is 36.2 Å². The first-order valence-corrected chi connectivity index (χ1v) is 13.6. The summed E-state index contributed by atoms with van der Waals surface area (Å²) in [6.45, 7) is 1.49. The third-order valence-electron chi connectivity index (χ3n) is 5.11. The molecule has 2 heterocycles. The van der Waals surface area contributed by atoms with Crippen molar-refractivity contribution in [1.82, 2.24) is 19.2 Å². The van der Waals surface area contributed by atoms with E-state index in [4.69, 9.17) is 12.2 Å². The van der Waals surface area contributed by atoms with Gasteiger partial charge in [-0.1, -0.05) is 18.2 Å². The Bertz CT molecular complexity index is 1340. The Morgan fingerprint density at radius 3 is 2.03 bits per heavy atom. The fraction of sp³-hybridized carbons (Fsp3) is 0.190. The summed E-state index contributed by atoms with van der Waals surface area (Å²) in [6.07, 6.45) is 2.88. The molecule has 0 radical (unpaired) electrons. The summed E-state index contributed by atoms with van der Waals surface area (Å²) in [7, 11) is -7.37. The summed E-state index contributed by atoms with van der Waals surface area (Å²) in [5.41, 5.74) is 0.610. The first-order valence-electron chi connectivity index (χ1n) is 10.3. The number of piperazine rings is 1.